The van der Waals surface area contributed by atoms with Crippen molar-refractivity contribution in [2.75, 3.05) is 13.2 Å². The smallest absolute Gasteiger partial charge is 0.242 e. The van der Waals surface area contributed by atoms with Gasteiger partial charge in [-0.25, -0.2) is 13.1 Å². The second-order valence-corrected chi connectivity index (χ2v) is 7.77. The Balaban J connectivity index is 1.47. The highest BCUT2D eigenvalue weighted by molar-refractivity contribution is 7.89. The molecule has 0 aliphatic carbocycles. The van der Waals surface area contributed by atoms with Crippen molar-refractivity contribution in [3.63, 3.8) is 0 Å². The van der Waals surface area contributed by atoms with Crippen LogP contribution in [0.25, 0.3) is 11.4 Å². The van der Waals surface area contributed by atoms with Crippen molar-refractivity contribution < 1.29 is 22.4 Å². The van der Waals surface area contributed by atoms with E-state index in [1.165, 1.54) is 12.1 Å². The highest BCUT2D eigenvalue weighted by Gasteiger charge is 2.20. The first-order valence-electron chi connectivity index (χ1n) is 8.30. The maximum Gasteiger partial charge on any atom is 0.242 e. The van der Waals surface area contributed by atoms with Crippen molar-refractivity contribution in [3.8, 4) is 22.9 Å². The molecule has 0 atom stereocenters. The number of sulfonamides is 1. The molecule has 9 heteroatoms. The van der Waals surface area contributed by atoms with E-state index in [1.807, 2.05) is 31.2 Å². The van der Waals surface area contributed by atoms with E-state index in [9.17, 15) is 8.42 Å². The van der Waals surface area contributed by atoms with Crippen LogP contribution in [0.3, 0.4) is 0 Å². The molecule has 0 spiro atoms. The lowest BCUT2D eigenvalue weighted by molar-refractivity contribution is 0.171. The average Bonchev–Trinajstić information content (AvgIpc) is 3.16. The standard InChI is InChI=1S/C18H17N3O5S/c1-12-2-4-13(5-3-12)18-20-17(26-21-18)11-19-27(22,23)14-6-7-15-16(10-14)25-9-8-24-15/h2-7,10,19H,8-9,11H2,1H3. The van der Waals surface area contributed by atoms with Crippen LogP contribution >= 0.6 is 0 Å². The van der Waals surface area contributed by atoms with E-state index in [0.29, 0.717) is 30.5 Å². The fraction of sp³-hybridized carbons (Fsp3) is 0.222. The first kappa shape index (κ1) is 17.5. The highest BCUT2D eigenvalue weighted by atomic mass is 32.2. The van der Waals surface area contributed by atoms with Crippen molar-refractivity contribution in [2.24, 2.45) is 0 Å². The summed E-state index contributed by atoms with van der Waals surface area (Å²) in [4.78, 5) is 4.30. The van der Waals surface area contributed by atoms with Gasteiger partial charge in [-0.15, -0.1) is 0 Å². The van der Waals surface area contributed by atoms with Gasteiger partial charge in [-0.05, 0) is 19.1 Å². The van der Waals surface area contributed by atoms with Gasteiger partial charge in [0.25, 0.3) is 0 Å². The molecule has 0 saturated carbocycles. The quantitative estimate of drug-likeness (QED) is 0.716. The minimum atomic E-state index is -3.77. The van der Waals surface area contributed by atoms with Crippen LogP contribution in [0.1, 0.15) is 11.5 Å². The molecule has 2 aromatic carbocycles. The summed E-state index contributed by atoms with van der Waals surface area (Å²) < 4.78 is 43.4. The molecule has 1 aliphatic heterocycles. The fourth-order valence-electron chi connectivity index (χ4n) is 2.58. The van der Waals surface area contributed by atoms with Crippen LogP contribution < -0.4 is 14.2 Å². The van der Waals surface area contributed by atoms with Gasteiger partial charge in [0.1, 0.15) is 13.2 Å². The Hall–Kier alpha value is -2.91. The molecule has 0 fully saturated rings. The SMILES string of the molecule is Cc1ccc(-c2noc(CNS(=O)(=O)c3ccc4c(c3)OCCO4)n2)cc1. The topological polar surface area (TPSA) is 104 Å². The molecule has 1 aromatic heterocycles. The van der Waals surface area contributed by atoms with Crippen molar-refractivity contribution in [2.45, 2.75) is 18.4 Å². The predicted octanol–water partition coefficient (Wildman–Crippen LogP) is 2.29. The van der Waals surface area contributed by atoms with Gasteiger partial charge in [-0.1, -0.05) is 35.0 Å². The first-order valence-corrected chi connectivity index (χ1v) is 9.78. The lowest BCUT2D eigenvalue weighted by Crippen LogP contribution is -2.24. The van der Waals surface area contributed by atoms with Crippen LogP contribution in [0.4, 0.5) is 0 Å². The average molecular weight is 387 g/mol. The Morgan fingerprint density at radius 2 is 1.78 bits per heavy atom. The minimum Gasteiger partial charge on any atom is -0.486 e. The molecule has 1 N–H and O–H groups in total. The van der Waals surface area contributed by atoms with Gasteiger partial charge >= 0.3 is 0 Å². The zero-order valence-electron chi connectivity index (χ0n) is 14.5. The number of hydrogen-bond donors (Lipinski definition) is 1. The number of ether oxygens (including phenoxy) is 2. The second-order valence-electron chi connectivity index (χ2n) is 6.01. The third-order valence-electron chi connectivity index (χ3n) is 4.02. The van der Waals surface area contributed by atoms with Gasteiger partial charge < -0.3 is 14.0 Å². The van der Waals surface area contributed by atoms with E-state index >= 15 is 0 Å². The number of fused-ring (bicyclic) bond motifs is 1. The van der Waals surface area contributed by atoms with Crippen LogP contribution in [0.15, 0.2) is 51.9 Å². The largest absolute Gasteiger partial charge is 0.486 e. The molecule has 0 bridgehead atoms. The van der Waals surface area contributed by atoms with E-state index < -0.39 is 10.0 Å². The molecule has 2 heterocycles. The zero-order valence-corrected chi connectivity index (χ0v) is 15.3. The van der Waals surface area contributed by atoms with Crippen molar-refractivity contribution >= 4 is 10.0 Å². The fourth-order valence-corrected chi connectivity index (χ4v) is 3.57. The van der Waals surface area contributed by atoms with Crippen LogP contribution in [0.5, 0.6) is 11.5 Å². The van der Waals surface area contributed by atoms with E-state index in [-0.39, 0.29) is 17.3 Å². The van der Waals surface area contributed by atoms with Crippen molar-refractivity contribution in [1.29, 1.82) is 0 Å². The van der Waals surface area contributed by atoms with Gasteiger partial charge in [-0.2, -0.15) is 4.98 Å². The molecule has 27 heavy (non-hydrogen) atoms. The molecule has 0 saturated heterocycles. The highest BCUT2D eigenvalue weighted by Crippen LogP contribution is 2.32. The molecule has 8 nitrogen and oxygen atoms in total. The Morgan fingerprint density at radius 3 is 2.56 bits per heavy atom. The normalized spacial score (nSPS) is 13.5. The third kappa shape index (κ3) is 3.79. The number of rotatable bonds is 5. The van der Waals surface area contributed by atoms with E-state index in [1.54, 1.807) is 6.07 Å². The van der Waals surface area contributed by atoms with Gasteiger partial charge in [0.15, 0.2) is 11.5 Å². The lowest BCUT2D eigenvalue weighted by atomic mass is 10.1. The van der Waals surface area contributed by atoms with Gasteiger partial charge in [0, 0.05) is 11.6 Å². The van der Waals surface area contributed by atoms with E-state index in [0.717, 1.165) is 11.1 Å². The number of nitrogens with one attached hydrogen (secondary N) is 1. The number of aryl methyl sites for hydroxylation is 1. The summed E-state index contributed by atoms with van der Waals surface area (Å²) in [6, 6.07) is 12.1. The van der Waals surface area contributed by atoms with Gasteiger partial charge in [-0.3, -0.25) is 0 Å². The number of hydrogen-bond acceptors (Lipinski definition) is 7. The molecule has 0 amide bonds. The monoisotopic (exact) mass is 387 g/mol. The number of benzene rings is 2. The molecule has 0 radical (unpaired) electrons. The number of aromatic nitrogens is 2. The summed E-state index contributed by atoms with van der Waals surface area (Å²) in [6.45, 7) is 2.69. The number of nitrogens with zero attached hydrogens (tertiary/aromatic N) is 2. The summed E-state index contributed by atoms with van der Waals surface area (Å²) >= 11 is 0. The maximum absolute atomic E-state index is 12.5. The molecular weight excluding hydrogens is 370 g/mol. The Morgan fingerprint density at radius 1 is 1.04 bits per heavy atom. The molecule has 140 valence electrons. The lowest BCUT2D eigenvalue weighted by Gasteiger charge is -2.18. The maximum atomic E-state index is 12.5. The van der Waals surface area contributed by atoms with Gasteiger partial charge in [0.05, 0.1) is 11.4 Å². The summed E-state index contributed by atoms with van der Waals surface area (Å²) in [7, 11) is -3.77. The molecule has 1 aliphatic rings. The second kappa shape index (κ2) is 7.01. The molecule has 0 unspecified atom stereocenters. The first-order chi connectivity index (χ1) is 13.0. The van der Waals surface area contributed by atoms with E-state index in [4.69, 9.17) is 14.0 Å². The van der Waals surface area contributed by atoms with Gasteiger partial charge in [0.2, 0.25) is 21.7 Å². The van der Waals surface area contributed by atoms with Crippen LogP contribution in [0, 0.1) is 6.92 Å². The van der Waals surface area contributed by atoms with Crippen LogP contribution in [-0.2, 0) is 16.6 Å². The van der Waals surface area contributed by atoms with Crippen LogP contribution in [-0.4, -0.2) is 31.8 Å². The summed E-state index contributed by atoms with van der Waals surface area (Å²) in [5.41, 5.74) is 1.92. The molecular formula is C18H17N3O5S. The molecule has 4 rings (SSSR count). The van der Waals surface area contributed by atoms with Crippen molar-refractivity contribution in [1.82, 2.24) is 14.9 Å². The predicted molar refractivity (Wildman–Crippen MR) is 95.9 cm³/mol. The Labute approximate surface area is 156 Å². The summed E-state index contributed by atoms with van der Waals surface area (Å²) in [5, 5.41) is 3.89. The molecule has 3 aromatic rings. The van der Waals surface area contributed by atoms with E-state index in [2.05, 4.69) is 14.9 Å². The Kier molecular flexibility index (Phi) is 4.54. The Bertz CT molecular complexity index is 1060. The zero-order chi connectivity index (χ0) is 18.9. The summed E-state index contributed by atoms with van der Waals surface area (Å²) in [6.07, 6.45) is 0. The minimum absolute atomic E-state index is 0.0741. The van der Waals surface area contributed by atoms with Crippen LogP contribution in [0.2, 0.25) is 0 Å². The van der Waals surface area contributed by atoms with Crippen molar-refractivity contribution in [3.05, 3.63) is 53.9 Å². The third-order valence-corrected chi connectivity index (χ3v) is 5.41. The summed E-state index contributed by atoms with van der Waals surface area (Å²) in [5.74, 6) is 1.51.